The number of fused-ring (bicyclic) bond motifs is 2. The first-order valence-corrected chi connectivity index (χ1v) is 10.2. The van der Waals surface area contributed by atoms with Crippen LogP contribution in [0.5, 0.6) is 0 Å². The molecule has 3 nitrogen and oxygen atoms in total. The number of rotatable bonds is 6. The molecule has 2 aliphatic rings. The molecule has 0 unspecified atom stereocenters. The van der Waals surface area contributed by atoms with Crippen molar-refractivity contribution in [2.24, 2.45) is 0 Å². The van der Waals surface area contributed by atoms with Gasteiger partial charge in [0.25, 0.3) is 0 Å². The highest BCUT2D eigenvalue weighted by atomic mass is 32.2. The van der Waals surface area contributed by atoms with Gasteiger partial charge in [0.05, 0.1) is 5.75 Å². The third-order valence-electron chi connectivity index (χ3n) is 5.21. The zero-order valence-corrected chi connectivity index (χ0v) is 15.6. The minimum atomic E-state index is -0.343. The lowest BCUT2D eigenvalue weighted by molar-refractivity contribution is -0.139. The van der Waals surface area contributed by atoms with Gasteiger partial charge in [-0.3, -0.25) is 9.59 Å². The Bertz CT molecular complexity index is 856. The van der Waals surface area contributed by atoms with E-state index in [1.54, 1.807) is 0 Å². The summed E-state index contributed by atoms with van der Waals surface area (Å²) >= 11 is 1.47. The van der Waals surface area contributed by atoms with Crippen LogP contribution in [-0.2, 0) is 35.2 Å². The fraction of sp³-hybridized carbons (Fsp3) is 0.364. The average Bonchev–Trinajstić information content (AvgIpc) is 3.32. The molecule has 0 saturated heterocycles. The van der Waals surface area contributed by atoms with Gasteiger partial charge in [0.1, 0.15) is 0 Å². The van der Waals surface area contributed by atoms with Gasteiger partial charge in [-0.1, -0.05) is 18.2 Å². The lowest BCUT2D eigenvalue weighted by Gasteiger charge is -2.07. The predicted molar refractivity (Wildman–Crippen MR) is 103 cm³/mol. The molecule has 0 amide bonds. The predicted octanol–water partition coefficient (Wildman–Crippen LogP) is 4.18. The van der Waals surface area contributed by atoms with E-state index in [0.717, 1.165) is 37.0 Å². The third kappa shape index (κ3) is 3.85. The molecule has 0 radical (unpaired) electrons. The van der Waals surface area contributed by atoms with Gasteiger partial charge >= 0.3 is 5.97 Å². The van der Waals surface area contributed by atoms with Crippen molar-refractivity contribution >= 4 is 23.5 Å². The van der Waals surface area contributed by atoms with Gasteiger partial charge in [-0.25, -0.2) is 0 Å². The summed E-state index contributed by atoms with van der Waals surface area (Å²) < 4.78 is 5.18. The molecule has 0 aromatic heterocycles. The lowest BCUT2D eigenvalue weighted by atomic mass is 10.0. The molecular weight excluding hydrogens is 344 g/mol. The van der Waals surface area contributed by atoms with E-state index in [1.165, 1.54) is 40.4 Å². The topological polar surface area (TPSA) is 43.4 Å². The summed E-state index contributed by atoms with van der Waals surface area (Å²) in [4.78, 5) is 25.3. The maximum absolute atomic E-state index is 12.3. The van der Waals surface area contributed by atoms with E-state index in [1.807, 2.05) is 18.2 Å². The summed E-state index contributed by atoms with van der Waals surface area (Å²) in [5.74, 6) is -0.239. The molecule has 26 heavy (non-hydrogen) atoms. The Hall–Kier alpha value is -2.07. The Kier molecular flexibility index (Phi) is 5.11. The van der Waals surface area contributed by atoms with Crippen LogP contribution in [0.1, 0.15) is 45.5 Å². The molecule has 0 spiro atoms. The monoisotopic (exact) mass is 366 g/mol. The van der Waals surface area contributed by atoms with Crippen LogP contribution in [0.4, 0.5) is 0 Å². The Labute approximate surface area is 158 Å². The van der Waals surface area contributed by atoms with Crippen LogP contribution in [0.25, 0.3) is 0 Å². The zero-order valence-electron chi connectivity index (χ0n) is 14.8. The van der Waals surface area contributed by atoms with Crippen LogP contribution in [-0.4, -0.2) is 24.1 Å². The number of carbonyl (C=O) groups is 2. The smallest absolute Gasteiger partial charge is 0.316 e. The standard InChI is InChI=1S/C22H22O3S/c23-21(19-8-7-15-3-1-5-17(15)11-19)13-25-22(24)14-26-20-10-9-16-4-2-6-18(16)12-20/h7-12H,1-6,13-14H2. The number of hydrogen-bond acceptors (Lipinski definition) is 4. The molecule has 0 atom stereocenters. The van der Waals surface area contributed by atoms with Crippen molar-refractivity contribution in [3.05, 3.63) is 64.2 Å². The molecule has 0 N–H and O–H groups in total. The van der Waals surface area contributed by atoms with Gasteiger partial charge in [-0.15, -0.1) is 11.8 Å². The summed E-state index contributed by atoms with van der Waals surface area (Å²) in [7, 11) is 0. The average molecular weight is 366 g/mol. The number of ketones is 1. The highest BCUT2D eigenvalue weighted by Gasteiger charge is 2.16. The van der Waals surface area contributed by atoms with E-state index >= 15 is 0 Å². The Morgan fingerprint density at radius 2 is 1.50 bits per heavy atom. The molecular formula is C22H22O3S. The molecule has 0 bridgehead atoms. The fourth-order valence-electron chi connectivity index (χ4n) is 3.80. The summed E-state index contributed by atoms with van der Waals surface area (Å²) in [6, 6.07) is 12.2. The Balaban J connectivity index is 1.26. The van der Waals surface area contributed by atoms with Gasteiger partial charge in [0.15, 0.2) is 12.4 Å². The Morgan fingerprint density at radius 1 is 0.846 bits per heavy atom. The number of carbonyl (C=O) groups excluding carboxylic acids is 2. The number of hydrogen-bond donors (Lipinski definition) is 0. The largest absolute Gasteiger partial charge is 0.457 e. The van der Waals surface area contributed by atoms with Crippen LogP contribution in [0.2, 0.25) is 0 Å². The van der Waals surface area contributed by atoms with Crippen LogP contribution < -0.4 is 0 Å². The SMILES string of the molecule is O=C(CSc1ccc2c(c1)CCC2)OCC(=O)c1ccc2c(c1)CCC2. The summed E-state index contributed by atoms with van der Waals surface area (Å²) in [5, 5.41) is 0. The molecule has 2 aromatic carbocycles. The summed E-state index contributed by atoms with van der Waals surface area (Å²) in [5.41, 5.74) is 6.07. The van der Waals surface area contributed by atoms with Gasteiger partial charge in [0.2, 0.25) is 0 Å². The summed E-state index contributed by atoms with van der Waals surface area (Å²) in [6.07, 6.45) is 6.79. The number of thioether (sulfide) groups is 1. The van der Waals surface area contributed by atoms with Gasteiger partial charge < -0.3 is 4.74 Å². The second-order valence-electron chi connectivity index (χ2n) is 6.99. The maximum Gasteiger partial charge on any atom is 0.316 e. The molecule has 2 aromatic rings. The second-order valence-corrected chi connectivity index (χ2v) is 8.04. The fourth-order valence-corrected chi connectivity index (χ4v) is 4.55. The minimum absolute atomic E-state index is 0.129. The first kappa shape index (κ1) is 17.3. The van der Waals surface area contributed by atoms with Crippen LogP contribution in [0.3, 0.4) is 0 Å². The highest BCUT2D eigenvalue weighted by Crippen LogP contribution is 2.27. The maximum atomic E-state index is 12.3. The lowest BCUT2D eigenvalue weighted by Crippen LogP contribution is -2.15. The first-order chi connectivity index (χ1) is 12.7. The molecule has 4 rings (SSSR count). The molecule has 0 heterocycles. The van der Waals surface area contributed by atoms with E-state index in [4.69, 9.17) is 4.74 Å². The van der Waals surface area contributed by atoms with Crippen LogP contribution in [0.15, 0.2) is 41.3 Å². The normalized spacial score (nSPS) is 14.8. The number of Topliss-reactive ketones (excluding diaryl/α,β-unsaturated/α-hetero) is 1. The van der Waals surface area contributed by atoms with Crippen LogP contribution >= 0.6 is 11.8 Å². The van der Waals surface area contributed by atoms with Crippen molar-refractivity contribution in [2.75, 3.05) is 12.4 Å². The number of esters is 1. The second kappa shape index (κ2) is 7.67. The van der Waals surface area contributed by atoms with Crippen LogP contribution in [0, 0.1) is 0 Å². The highest BCUT2D eigenvalue weighted by molar-refractivity contribution is 8.00. The van der Waals surface area contributed by atoms with Gasteiger partial charge in [0, 0.05) is 10.5 Å². The van der Waals surface area contributed by atoms with E-state index in [-0.39, 0.29) is 24.1 Å². The van der Waals surface area contributed by atoms with Crippen molar-refractivity contribution in [1.82, 2.24) is 0 Å². The number of benzene rings is 2. The first-order valence-electron chi connectivity index (χ1n) is 9.24. The third-order valence-corrected chi connectivity index (χ3v) is 6.18. The van der Waals surface area contributed by atoms with E-state index < -0.39 is 0 Å². The molecule has 0 saturated carbocycles. The van der Waals surface area contributed by atoms with E-state index in [0.29, 0.717) is 5.56 Å². The molecule has 4 heteroatoms. The molecule has 0 fully saturated rings. The van der Waals surface area contributed by atoms with Crippen molar-refractivity contribution in [3.63, 3.8) is 0 Å². The number of ether oxygens (including phenoxy) is 1. The minimum Gasteiger partial charge on any atom is -0.457 e. The number of aryl methyl sites for hydroxylation is 4. The summed E-state index contributed by atoms with van der Waals surface area (Å²) in [6.45, 7) is -0.178. The van der Waals surface area contributed by atoms with Crippen molar-refractivity contribution in [2.45, 2.75) is 43.4 Å². The molecule has 134 valence electrons. The van der Waals surface area contributed by atoms with Crippen molar-refractivity contribution in [3.8, 4) is 0 Å². The zero-order chi connectivity index (χ0) is 17.9. The Morgan fingerprint density at radius 3 is 2.27 bits per heavy atom. The molecule has 2 aliphatic carbocycles. The molecule has 0 aliphatic heterocycles. The van der Waals surface area contributed by atoms with Gasteiger partial charge in [-0.2, -0.15) is 0 Å². The van der Waals surface area contributed by atoms with Crippen molar-refractivity contribution in [1.29, 1.82) is 0 Å². The quantitative estimate of drug-likeness (QED) is 0.437. The van der Waals surface area contributed by atoms with E-state index in [9.17, 15) is 9.59 Å². The van der Waals surface area contributed by atoms with Gasteiger partial charge in [-0.05, 0) is 79.0 Å². The van der Waals surface area contributed by atoms with E-state index in [2.05, 4.69) is 18.2 Å². The van der Waals surface area contributed by atoms with Crippen molar-refractivity contribution < 1.29 is 14.3 Å².